The number of nitrogens with zero attached hydrogens (tertiary/aromatic N) is 1. The average molecular weight is 565 g/mol. The van der Waals surface area contributed by atoms with Crippen molar-refractivity contribution in [1.82, 2.24) is 10.0 Å². The summed E-state index contributed by atoms with van der Waals surface area (Å²) in [6.07, 6.45) is 0.964. The number of ether oxygens (including phenoxy) is 4. The Morgan fingerprint density at radius 3 is 1.86 bits per heavy atom. The van der Waals surface area contributed by atoms with E-state index in [1.807, 2.05) is 115 Å². The van der Waals surface area contributed by atoms with Gasteiger partial charge in [-0.1, -0.05) is 103 Å². The SMILES string of the molecule is COc1cccc2c([C@H]3[C@H](OCc4ccccc4)[C@@H](OCc4ccccc4)[C@H](COCc4ccccc4)N3O)c[nH]c12. The molecule has 2 N–H and O–H groups in total. The van der Waals surface area contributed by atoms with Crippen molar-refractivity contribution in [3.8, 4) is 5.75 Å². The van der Waals surface area contributed by atoms with Crippen LogP contribution in [0.3, 0.4) is 0 Å². The predicted octanol–water partition coefficient (Wildman–Crippen LogP) is 6.68. The summed E-state index contributed by atoms with van der Waals surface area (Å²) >= 11 is 0. The molecule has 0 bridgehead atoms. The van der Waals surface area contributed by atoms with Gasteiger partial charge >= 0.3 is 0 Å². The number of fused-ring (bicyclic) bond motifs is 1. The number of rotatable bonds is 12. The summed E-state index contributed by atoms with van der Waals surface area (Å²) in [5.74, 6) is 0.739. The Kier molecular flexibility index (Phi) is 8.94. The molecule has 0 amide bonds. The average Bonchev–Trinajstić information content (AvgIpc) is 3.58. The van der Waals surface area contributed by atoms with Crippen LogP contribution >= 0.6 is 0 Å². The van der Waals surface area contributed by atoms with Gasteiger partial charge in [0.15, 0.2) is 0 Å². The third-order valence-electron chi connectivity index (χ3n) is 7.86. The number of aromatic amines is 1. The quantitative estimate of drug-likeness (QED) is 0.176. The summed E-state index contributed by atoms with van der Waals surface area (Å²) in [5.41, 5.74) is 4.94. The monoisotopic (exact) mass is 564 g/mol. The van der Waals surface area contributed by atoms with Crippen LogP contribution < -0.4 is 4.74 Å². The van der Waals surface area contributed by atoms with E-state index in [1.165, 1.54) is 5.06 Å². The van der Waals surface area contributed by atoms with E-state index in [0.717, 1.165) is 38.9 Å². The Morgan fingerprint density at radius 2 is 1.26 bits per heavy atom. The molecule has 0 aliphatic carbocycles. The standard InChI is InChI=1S/C35H36N2O5/c1-39-31-19-11-18-28-29(20-36-32(28)31)33-35(42-23-27-16-9-4-10-17-27)34(41-22-26-14-7-3-8-15-26)30(37(33)38)24-40-21-25-12-5-2-6-13-25/h2-20,30,33-36,38H,21-24H2,1H3/t30-,33-,34-,35-/m0/s1. The van der Waals surface area contributed by atoms with Crippen molar-refractivity contribution < 1.29 is 24.2 Å². The largest absolute Gasteiger partial charge is 0.495 e. The molecule has 1 fully saturated rings. The number of H-pyrrole nitrogens is 1. The van der Waals surface area contributed by atoms with E-state index in [-0.39, 0.29) is 6.61 Å². The van der Waals surface area contributed by atoms with Crippen LogP contribution in [-0.4, -0.2) is 47.2 Å². The third-order valence-corrected chi connectivity index (χ3v) is 7.86. The van der Waals surface area contributed by atoms with E-state index < -0.39 is 24.3 Å². The third kappa shape index (κ3) is 6.11. The number of hydrogen-bond acceptors (Lipinski definition) is 6. The highest BCUT2D eigenvalue weighted by Gasteiger charge is 2.52. The Bertz CT molecular complexity index is 1540. The molecular weight excluding hydrogens is 528 g/mol. The second kappa shape index (κ2) is 13.3. The first-order valence-electron chi connectivity index (χ1n) is 14.3. The molecule has 1 aliphatic heterocycles. The van der Waals surface area contributed by atoms with Gasteiger partial charge in [-0.2, -0.15) is 5.06 Å². The molecule has 1 saturated heterocycles. The summed E-state index contributed by atoms with van der Waals surface area (Å²) in [7, 11) is 1.66. The van der Waals surface area contributed by atoms with E-state index in [9.17, 15) is 5.21 Å². The molecule has 4 atom stereocenters. The maximum atomic E-state index is 11.9. The van der Waals surface area contributed by atoms with Crippen LogP contribution in [0.2, 0.25) is 0 Å². The summed E-state index contributed by atoms with van der Waals surface area (Å²) in [6, 6.07) is 35.1. The smallest absolute Gasteiger partial charge is 0.142 e. The van der Waals surface area contributed by atoms with Gasteiger partial charge in [0.05, 0.1) is 51.1 Å². The molecule has 0 radical (unpaired) electrons. The van der Waals surface area contributed by atoms with Crippen molar-refractivity contribution in [3.05, 3.63) is 138 Å². The fourth-order valence-electron chi connectivity index (χ4n) is 5.76. The van der Waals surface area contributed by atoms with Gasteiger partial charge in [-0.3, -0.25) is 0 Å². The van der Waals surface area contributed by atoms with Gasteiger partial charge in [0, 0.05) is 11.6 Å². The number of aromatic nitrogens is 1. The zero-order valence-electron chi connectivity index (χ0n) is 23.6. The summed E-state index contributed by atoms with van der Waals surface area (Å²) < 4.78 is 25.1. The highest BCUT2D eigenvalue weighted by molar-refractivity contribution is 5.88. The Hall–Kier alpha value is -3.98. The number of methoxy groups -OCH3 is 1. The molecule has 4 aromatic carbocycles. The number of hydroxylamine groups is 2. The lowest BCUT2D eigenvalue weighted by atomic mass is 9.99. The maximum Gasteiger partial charge on any atom is 0.142 e. The van der Waals surface area contributed by atoms with Crippen LogP contribution in [0.25, 0.3) is 10.9 Å². The van der Waals surface area contributed by atoms with E-state index in [0.29, 0.717) is 19.8 Å². The first-order chi connectivity index (χ1) is 20.7. The van der Waals surface area contributed by atoms with Crippen molar-refractivity contribution in [2.75, 3.05) is 13.7 Å². The molecule has 1 aromatic heterocycles. The Morgan fingerprint density at radius 1 is 0.690 bits per heavy atom. The van der Waals surface area contributed by atoms with E-state index >= 15 is 0 Å². The van der Waals surface area contributed by atoms with Gasteiger partial charge < -0.3 is 29.1 Å². The minimum absolute atomic E-state index is 0.262. The highest BCUT2D eigenvalue weighted by Crippen LogP contribution is 2.43. The highest BCUT2D eigenvalue weighted by atomic mass is 16.6. The van der Waals surface area contributed by atoms with Crippen LogP contribution in [-0.2, 0) is 34.0 Å². The fraction of sp³-hybridized carbons (Fsp3) is 0.257. The van der Waals surface area contributed by atoms with Gasteiger partial charge in [0.1, 0.15) is 18.0 Å². The predicted molar refractivity (Wildman–Crippen MR) is 161 cm³/mol. The van der Waals surface area contributed by atoms with Crippen molar-refractivity contribution in [2.45, 2.75) is 44.1 Å². The molecule has 7 nitrogen and oxygen atoms in total. The molecule has 216 valence electrons. The van der Waals surface area contributed by atoms with Gasteiger partial charge in [-0.25, -0.2) is 0 Å². The Labute approximate surface area is 246 Å². The van der Waals surface area contributed by atoms with Gasteiger partial charge in [-0.05, 0) is 28.3 Å². The second-order valence-electron chi connectivity index (χ2n) is 10.5. The van der Waals surface area contributed by atoms with Crippen LogP contribution in [0.4, 0.5) is 0 Å². The molecular formula is C35H36N2O5. The summed E-state index contributed by atoms with van der Waals surface area (Å²) in [5, 5.41) is 14.2. The second-order valence-corrected chi connectivity index (χ2v) is 10.5. The number of para-hydroxylation sites is 1. The maximum absolute atomic E-state index is 11.9. The molecule has 6 rings (SSSR count). The number of hydrogen-bond donors (Lipinski definition) is 2. The van der Waals surface area contributed by atoms with Crippen molar-refractivity contribution in [3.63, 3.8) is 0 Å². The Balaban J connectivity index is 1.34. The van der Waals surface area contributed by atoms with E-state index in [2.05, 4.69) is 4.98 Å². The van der Waals surface area contributed by atoms with Crippen LogP contribution in [0.15, 0.2) is 115 Å². The van der Waals surface area contributed by atoms with Crippen molar-refractivity contribution >= 4 is 10.9 Å². The first kappa shape index (κ1) is 28.2. The molecule has 7 heteroatoms. The van der Waals surface area contributed by atoms with Crippen LogP contribution in [0.5, 0.6) is 5.75 Å². The molecule has 42 heavy (non-hydrogen) atoms. The van der Waals surface area contributed by atoms with Crippen molar-refractivity contribution in [1.29, 1.82) is 0 Å². The van der Waals surface area contributed by atoms with E-state index in [1.54, 1.807) is 7.11 Å². The molecule has 2 heterocycles. The van der Waals surface area contributed by atoms with E-state index in [4.69, 9.17) is 18.9 Å². The zero-order chi connectivity index (χ0) is 28.7. The molecule has 0 saturated carbocycles. The van der Waals surface area contributed by atoms with Gasteiger partial charge in [-0.15, -0.1) is 0 Å². The minimum atomic E-state index is -0.513. The van der Waals surface area contributed by atoms with Crippen molar-refractivity contribution in [2.24, 2.45) is 0 Å². The number of benzene rings is 4. The van der Waals surface area contributed by atoms with Crippen LogP contribution in [0, 0.1) is 0 Å². The molecule has 5 aromatic rings. The summed E-state index contributed by atoms with van der Waals surface area (Å²) in [6.45, 7) is 1.46. The lowest BCUT2D eigenvalue weighted by molar-refractivity contribution is -0.167. The first-order valence-corrected chi connectivity index (χ1v) is 14.3. The van der Waals surface area contributed by atoms with Crippen LogP contribution in [0.1, 0.15) is 28.3 Å². The minimum Gasteiger partial charge on any atom is -0.495 e. The van der Waals surface area contributed by atoms with Gasteiger partial charge in [0.2, 0.25) is 0 Å². The number of nitrogens with one attached hydrogen (secondary N) is 1. The molecule has 0 unspecified atom stereocenters. The molecule has 0 spiro atoms. The molecule has 1 aliphatic rings. The zero-order valence-corrected chi connectivity index (χ0v) is 23.6. The topological polar surface area (TPSA) is 76.2 Å². The summed E-state index contributed by atoms with van der Waals surface area (Å²) in [4.78, 5) is 3.36. The lowest BCUT2D eigenvalue weighted by Gasteiger charge is -2.26. The van der Waals surface area contributed by atoms with Gasteiger partial charge in [0.25, 0.3) is 0 Å². The normalized spacial score (nSPS) is 20.7. The lowest BCUT2D eigenvalue weighted by Crippen LogP contribution is -2.40. The fourth-order valence-corrected chi connectivity index (χ4v) is 5.76.